The van der Waals surface area contributed by atoms with Gasteiger partial charge in [0.2, 0.25) is 0 Å². The highest BCUT2D eigenvalue weighted by atomic mass is 16.5. The number of benzene rings is 6. The summed E-state index contributed by atoms with van der Waals surface area (Å²) in [7, 11) is 0. The zero-order valence-electron chi connectivity index (χ0n) is 29.8. The average molecular weight is 707 g/mol. The number of carbonyl (C=O) groups excluding carboxylic acids is 1. The van der Waals surface area contributed by atoms with Gasteiger partial charge in [-0.2, -0.15) is 0 Å². The Bertz CT molecular complexity index is 1890. The maximum atomic E-state index is 10.4. The molecule has 0 unspecified atom stereocenters. The molecular formula is C46H46N2O5. The predicted octanol–water partition coefficient (Wildman–Crippen LogP) is 9.69. The zero-order chi connectivity index (χ0) is 36.3. The predicted molar refractivity (Wildman–Crippen MR) is 210 cm³/mol. The lowest BCUT2D eigenvalue weighted by Crippen LogP contribution is -2.37. The molecule has 2 aliphatic rings. The molecule has 0 spiro atoms. The number of rotatable bonds is 9. The summed E-state index contributed by atoms with van der Waals surface area (Å²) in [6, 6.07) is 55.6. The van der Waals surface area contributed by atoms with Crippen LogP contribution in [0.2, 0.25) is 0 Å². The Balaban J connectivity index is 0.000000150. The lowest BCUT2D eigenvalue weighted by atomic mass is 10.1. The monoisotopic (exact) mass is 706 g/mol. The number of ether oxygens (including phenoxy) is 4. The van der Waals surface area contributed by atoms with Gasteiger partial charge in [-0.1, -0.05) is 109 Å². The number of carbonyl (C=O) groups is 1. The molecule has 0 aromatic heterocycles. The minimum absolute atomic E-state index is 0.158. The van der Waals surface area contributed by atoms with Crippen LogP contribution in [0.25, 0.3) is 0 Å². The topological polar surface area (TPSA) is 69.3 Å². The molecule has 6 aromatic rings. The van der Waals surface area contributed by atoms with Crippen molar-refractivity contribution in [3.63, 3.8) is 0 Å². The first-order valence-electron chi connectivity index (χ1n) is 18.1. The molecule has 7 heteroatoms. The van der Waals surface area contributed by atoms with Gasteiger partial charge >= 0.3 is 0 Å². The van der Waals surface area contributed by atoms with E-state index in [2.05, 4.69) is 58.7 Å². The molecule has 6 aromatic carbocycles. The fourth-order valence-electron chi connectivity index (χ4n) is 5.95. The fraction of sp³-hybridized carbons (Fsp3) is 0.196. The van der Waals surface area contributed by atoms with Gasteiger partial charge in [-0.05, 0) is 77.4 Å². The standard InChI is InChI=1S/C23H23NO2.C13H10O2.C10H13NO/c1-3-7-20(8-4-1)23-18-24(15-16-25-23)17-19-11-13-22(14-12-19)26-21-9-5-2-6-10-21;14-10-11-6-8-13(9-7-11)15-12-4-2-1-3-5-12;1-2-4-9(5-3-1)10-8-11-6-7-12-10/h1-14,23H,15-18H2;1-10H;1-5,10-11H,6-8H2/t23-;;10-/m1.1/s1. The molecule has 0 aliphatic carbocycles. The van der Waals surface area contributed by atoms with E-state index in [1.807, 2.05) is 97.1 Å². The zero-order valence-corrected chi connectivity index (χ0v) is 29.8. The maximum absolute atomic E-state index is 10.4. The number of hydrogen-bond donors (Lipinski definition) is 1. The summed E-state index contributed by atoms with van der Waals surface area (Å²) in [5, 5.41) is 3.31. The van der Waals surface area contributed by atoms with Crippen LogP contribution in [-0.2, 0) is 16.0 Å². The van der Waals surface area contributed by atoms with Crippen LogP contribution in [0.1, 0.15) is 39.3 Å². The van der Waals surface area contributed by atoms with Crippen LogP contribution in [0.5, 0.6) is 23.0 Å². The van der Waals surface area contributed by atoms with E-state index in [9.17, 15) is 4.79 Å². The summed E-state index contributed by atoms with van der Waals surface area (Å²) in [5.41, 5.74) is 4.46. The van der Waals surface area contributed by atoms with Gasteiger partial charge in [-0.25, -0.2) is 0 Å². The molecule has 0 radical (unpaired) electrons. The smallest absolute Gasteiger partial charge is 0.150 e. The highest BCUT2D eigenvalue weighted by Gasteiger charge is 2.22. The van der Waals surface area contributed by atoms with Gasteiger partial charge in [0.25, 0.3) is 0 Å². The van der Waals surface area contributed by atoms with E-state index >= 15 is 0 Å². The van der Waals surface area contributed by atoms with Gasteiger partial charge < -0.3 is 24.3 Å². The van der Waals surface area contributed by atoms with E-state index in [4.69, 9.17) is 18.9 Å². The second-order valence-corrected chi connectivity index (χ2v) is 12.6. The van der Waals surface area contributed by atoms with Crippen LogP contribution >= 0.6 is 0 Å². The highest BCUT2D eigenvalue weighted by molar-refractivity contribution is 5.74. The summed E-state index contributed by atoms with van der Waals surface area (Å²) >= 11 is 0. The Morgan fingerprint density at radius 2 is 1.04 bits per heavy atom. The number of nitrogens with zero attached hydrogens (tertiary/aromatic N) is 1. The molecule has 0 amide bonds. The van der Waals surface area contributed by atoms with E-state index < -0.39 is 0 Å². The van der Waals surface area contributed by atoms with E-state index in [0.717, 1.165) is 75.2 Å². The molecule has 8 rings (SSSR count). The van der Waals surface area contributed by atoms with Crippen molar-refractivity contribution in [3.05, 3.63) is 192 Å². The highest BCUT2D eigenvalue weighted by Crippen LogP contribution is 2.25. The van der Waals surface area contributed by atoms with Gasteiger partial charge in [0.1, 0.15) is 29.3 Å². The van der Waals surface area contributed by atoms with Crippen LogP contribution in [0.3, 0.4) is 0 Å². The molecule has 2 fully saturated rings. The number of nitrogens with one attached hydrogen (secondary N) is 1. The van der Waals surface area contributed by atoms with Gasteiger partial charge in [-0.15, -0.1) is 0 Å². The third kappa shape index (κ3) is 12.3. The first-order chi connectivity index (χ1) is 26.2. The van der Waals surface area contributed by atoms with Crippen LogP contribution in [0.15, 0.2) is 170 Å². The Kier molecular flexibility index (Phi) is 14.4. The van der Waals surface area contributed by atoms with E-state index in [1.54, 1.807) is 24.3 Å². The summed E-state index contributed by atoms with van der Waals surface area (Å²) in [6.07, 6.45) is 1.22. The normalized spacial score (nSPS) is 16.8. The van der Waals surface area contributed by atoms with Gasteiger partial charge in [0.05, 0.1) is 25.4 Å². The first-order valence-corrected chi connectivity index (χ1v) is 18.1. The fourth-order valence-corrected chi connectivity index (χ4v) is 5.95. The van der Waals surface area contributed by atoms with E-state index in [1.165, 1.54) is 16.7 Å². The Morgan fingerprint density at radius 1 is 0.566 bits per heavy atom. The molecule has 53 heavy (non-hydrogen) atoms. The summed E-state index contributed by atoms with van der Waals surface area (Å²) in [5.74, 6) is 3.24. The SMILES string of the molecule is O=Cc1ccc(Oc2ccccc2)cc1.c1ccc(Oc2ccc(CN3CCO[C@@H](c4ccccc4)C3)cc2)cc1.c1ccc([C@H]2CNCCO2)cc1. The molecule has 270 valence electrons. The molecule has 2 atom stereocenters. The van der Waals surface area contributed by atoms with Crippen molar-refractivity contribution in [3.8, 4) is 23.0 Å². The Labute approximate surface area is 312 Å². The third-order valence-corrected chi connectivity index (χ3v) is 8.72. The molecule has 2 saturated heterocycles. The minimum Gasteiger partial charge on any atom is -0.457 e. The van der Waals surface area contributed by atoms with Crippen LogP contribution in [0.4, 0.5) is 0 Å². The van der Waals surface area contributed by atoms with E-state index in [-0.39, 0.29) is 12.2 Å². The van der Waals surface area contributed by atoms with Crippen LogP contribution in [0, 0.1) is 0 Å². The van der Waals surface area contributed by atoms with Gasteiger partial charge in [-0.3, -0.25) is 9.69 Å². The second-order valence-electron chi connectivity index (χ2n) is 12.6. The lowest BCUT2D eigenvalue weighted by Gasteiger charge is -2.33. The largest absolute Gasteiger partial charge is 0.457 e. The third-order valence-electron chi connectivity index (χ3n) is 8.72. The van der Waals surface area contributed by atoms with E-state index in [0.29, 0.717) is 5.56 Å². The molecule has 0 saturated carbocycles. The summed E-state index contributed by atoms with van der Waals surface area (Å²) in [6.45, 7) is 6.32. The van der Waals surface area contributed by atoms with Gasteiger partial charge in [0, 0.05) is 38.3 Å². The summed E-state index contributed by atoms with van der Waals surface area (Å²) in [4.78, 5) is 12.9. The van der Waals surface area contributed by atoms with Crippen molar-refractivity contribution in [2.75, 3.05) is 39.4 Å². The van der Waals surface area contributed by atoms with Crippen molar-refractivity contribution < 1.29 is 23.7 Å². The van der Waals surface area contributed by atoms with Crippen LogP contribution in [-0.4, -0.2) is 50.6 Å². The average Bonchev–Trinajstić information content (AvgIpc) is 3.24. The van der Waals surface area contributed by atoms with Crippen molar-refractivity contribution in [2.45, 2.75) is 18.8 Å². The Hall–Kier alpha value is -5.57. The lowest BCUT2D eigenvalue weighted by molar-refractivity contribution is -0.0329. The van der Waals surface area contributed by atoms with Crippen molar-refractivity contribution in [2.24, 2.45) is 0 Å². The molecule has 1 N–H and O–H groups in total. The number of morpholine rings is 2. The number of para-hydroxylation sites is 2. The molecule has 0 bridgehead atoms. The minimum atomic E-state index is 0.158. The van der Waals surface area contributed by atoms with Crippen molar-refractivity contribution in [1.82, 2.24) is 10.2 Å². The van der Waals surface area contributed by atoms with Gasteiger partial charge in [0.15, 0.2) is 0 Å². The molecular weight excluding hydrogens is 661 g/mol. The van der Waals surface area contributed by atoms with Crippen molar-refractivity contribution >= 4 is 6.29 Å². The van der Waals surface area contributed by atoms with Crippen molar-refractivity contribution in [1.29, 1.82) is 0 Å². The first kappa shape index (κ1) is 37.2. The number of hydrogen-bond acceptors (Lipinski definition) is 7. The van der Waals surface area contributed by atoms with Crippen LogP contribution < -0.4 is 14.8 Å². The quantitative estimate of drug-likeness (QED) is 0.150. The Morgan fingerprint density at radius 3 is 1.55 bits per heavy atom. The summed E-state index contributed by atoms with van der Waals surface area (Å²) < 4.78 is 23.0. The molecule has 2 aliphatic heterocycles. The molecule has 2 heterocycles. The second kappa shape index (κ2) is 20.5. The maximum Gasteiger partial charge on any atom is 0.150 e. The number of aldehydes is 1. The molecule has 7 nitrogen and oxygen atoms in total.